The predicted octanol–water partition coefficient (Wildman–Crippen LogP) is 3.41. The van der Waals surface area contributed by atoms with Crippen molar-refractivity contribution in [2.75, 3.05) is 0 Å². The topological polar surface area (TPSA) is 77.5 Å². The normalized spacial score (nSPS) is 26.9. The number of ketones is 3. The zero-order chi connectivity index (χ0) is 16.7. The first-order valence-corrected chi connectivity index (χ1v) is 8.29. The summed E-state index contributed by atoms with van der Waals surface area (Å²) in [6, 6.07) is 6.95. The number of Topliss-reactive ketones (excluding diaryl/α,β-unsaturated/α-hetero) is 3. The highest BCUT2D eigenvalue weighted by Gasteiger charge is 2.62. The smallest absolute Gasteiger partial charge is 0.147 e. The lowest BCUT2D eigenvalue weighted by Crippen LogP contribution is -2.54. The van der Waals surface area contributed by atoms with Crippen LogP contribution in [0.5, 0.6) is 0 Å². The molecule has 2 heterocycles. The third kappa shape index (κ3) is 2.04. The summed E-state index contributed by atoms with van der Waals surface area (Å²) in [5.74, 6) is -0.197. The van der Waals surface area contributed by atoms with Gasteiger partial charge >= 0.3 is 0 Å². The van der Waals surface area contributed by atoms with E-state index in [9.17, 15) is 14.4 Å². The first-order chi connectivity index (χ1) is 11.6. The van der Waals surface area contributed by atoms with Crippen molar-refractivity contribution in [1.29, 1.82) is 0 Å². The number of hydrogen-bond acceptors (Lipinski definition) is 5. The molecule has 5 heteroatoms. The fourth-order valence-corrected chi connectivity index (χ4v) is 4.49. The fraction of sp³-hybridized carbons (Fsp3) is 0.421. The van der Waals surface area contributed by atoms with Crippen LogP contribution >= 0.6 is 0 Å². The van der Waals surface area contributed by atoms with Gasteiger partial charge in [0.1, 0.15) is 34.3 Å². The molecular formula is C19H18O5. The standard InChI is InChI=1S/C19H18O5/c20-12-10-13(15-4-2-8-23-15)19(17(21)6-1-7-18(19)22)14(11-12)16-5-3-9-24-16/h2-5,8-9,13-14H,1,6-7,10-11H2. The van der Waals surface area contributed by atoms with Gasteiger partial charge in [0.05, 0.1) is 12.5 Å². The molecule has 2 unspecified atom stereocenters. The summed E-state index contributed by atoms with van der Waals surface area (Å²) in [5.41, 5.74) is -1.25. The minimum Gasteiger partial charge on any atom is -0.469 e. The van der Waals surface area contributed by atoms with Crippen LogP contribution in [0.4, 0.5) is 0 Å². The summed E-state index contributed by atoms with van der Waals surface area (Å²) in [7, 11) is 0. The maximum absolute atomic E-state index is 13.1. The quantitative estimate of drug-likeness (QED) is 0.790. The van der Waals surface area contributed by atoms with E-state index in [-0.39, 0.29) is 30.2 Å². The van der Waals surface area contributed by atoms with Crippen LogP contribution in [0.3, 0.4) is 0 Å². The third-order valence-electron chi connectivity index (χ3n) is 5.47. The second-order valence-corrected chi connectivity index (χ2v) is 6.65. The second kappa shape index (κ2) is 5.58. The van der Waals surface area contributed by atoms with Crippen molar-refractivity contribution >= 4 is 17.3 Å². The molecule has 5 nitrogen and oxygen atoms in total. The van der Waals surface area contributed by atoms with Gasteiger partial charge in [-0.3, -0.25) is 14.4 Å². The second-order valence-electron chi connectivity index (χ2n) is 6.65. The highest BCUT2D eigenvalue weighted by Crippen LogP contribution is 2.57. The Morgan fingerprint density at radius 2 is 1.33 bits per heavy atom. The van der Waals surface area contributed by atoms with E-state index in [4.69, 9.17) is 8.83 Å². The van der Waals surface area contributed by atoms with Crippen molar-refractivity contribution in [1.82, 2.24) is 0 Å². The van der Waals surface area contributed by atoms with Crippen LogP contribution in [0.2, 0.25) is 0 Å². The van der Waals surface area contributed by atoms with Crippen LogP contribution in [0.25, 0.3) is 0 Å². The molecule has 2 atom stereocenters. The van der Waals surface area contributed by atoms with Gasteiger partial charge in [-0.15, -0.1) is 0 Å². The molecule has 0 saturated heterocycles. The zero-order valence-electron chi connectivity index (χ0n) is 13.2. The van der Waals surface area contributed by atoms with E-state index in [1.807, 2.05) is 0 Å². The molecule has 2 aromatic rings. The molecule has 2 aromatic heterocycles. The maximum atomic E-state index is 13.1. The van der Waals surface area contributed by atoms with Crippen molar-refractivity contribution in [3.63, 3.8) is 0 Å². The lowest BCUT2D eigenvalue weighted by Gasteiger charge is -2.47. The summed E-state index contributed by atoms with van der Waals surface area (Å²) in [5, 5.41) is 0. The van der Waals surface area contributed by atoms with E-state index in [0.29, 0.717) is 30.8 Å². The van der Waals surface area contributed by atoms with E-state index in [2.05, 4.69) is 0 Å². The van der Waals surface area contributed by atoms with E-state index >= 15 is 0 Å². The van der Waals surface area contributed by atoms with Gasteiger partial charge in [0, 0.05) is 37.5 Å². The van der Waals surface area contributed by atoms with Crippen molar-refractivity contribution in [3.05, 3.63) is 48.3 Å². The molecule has 2 fully saturated rings. The van der Waals surface area contributed by atoms with Crippen molar-refractivity contribution < 1.29 is 23.2 Å². The van der Waals surface area contributed by atoms with Gasteiger partial charge < -0.3 is 8.83 Å². The van der Waals surface area contributed by atoms with Gasteiger partial charge in [0.25, 0.3) is 0 Å². The van der Waals surface area contributed by atoms with Crippen LogP contribution < -0.4 is 0 Å². The van der Waals surface area contributed by atoms with Crippen LogP contribution in [0.15, 0.2) is 45.6 Å². The van der Waals surface area contributed by atoms with Crippen LogP contribution in [0.1, 0.15) is 55.5 Å². The number of carbonyl (C=O) groups is 3. The monoisotopic (exact) mass is 326 g/mol. The minimum absolute atomic E-state index is 0.0228. The number of furan rings is 2. The Kier molecular flexibility index (Phi) is 3.52. The molecule has 0 radical (unpaired) electrons. The molecule has 124 valence electrons. The molecule has 0 aliphatic heterocycles. The molecule has 24 heavy (non-hydrogen) atoms. The molecule has 0 amide bonds. The van der Waals surface area contributed by atoms with Gasteiger partial charge in [-0.05, 0) is 30.7 Å². The molecule has 0 aromatic carbocycles. The summed E-state index contributed by atoms with van der Waals surface area (Å²) >= 11 is 0. The molecule has 2 aliphatic rings. The SMILES string of the molecule is O=C1CC(c2ccco2)C2(C(=O)CCCC2=O)C(c2ccco2)C1. The van der Waals surface area contributed by atoms with Crippen molar-refractivity contribution in [2.45, 2.75) is 43.9 Å². The average molecular weight is 326 g/mol. The Bertz CT molecular complexity index is 705. The van der Waals surface area contributed by atoms with Crippen molar-refractivity contribution in [2.24, 2.45) is 5.41 Å². The molecule has 0 bridgehead atoms. The van der Waals surface area contributed by atoms with Gasteiger partial charge in [-0.25, -0.2) is 0 Å². The highest BCUT2D eigenvalue weighted by molar-refractivity contribution is 6.12. The van der Waals surface area contributed by atoms with E-state index < -0.39 is 17.3 Å². The summed E-state index contributed by atoms with van der Waals surface area (Å²) in [6.45, 7) is 0. The Balaban J connectivity index is 1.93. The Labute approximate surface area is 139 Å². The first kappa shape index (κ1) is 15.1. The van der Waals surface area contributed by atoms with Crippen LogP contribution in [-0.4, -0.2) is 17.3 Å². The Morgan fingerprint density at radius 3 is 1.75 bits per heavy atom. The van der Waals surface area contributed by atoms with Crippen LogP contribution in [-0.2, 0) is 14.4 Å². The Hall–Kier alpha value is -2.43. The first-order valence-electron chi connectivity index (χ1n) is 8.29. The van der Waals surface area contributed by atoms with E-state index in [1.165, 1.54) is 12.5 Å². The van der Waals surface area contributed by atoms with Gasteiger partial charge in [-0.2, -0.15) is 0 Å². The lowest BCUT2D eigenvalue weighted by molar-refractivity contribution is -0.152. The molecule has 0 N–H and O–H groups in total. The maximum Gasteiger partial charge on any atom is 0.147 e. The van der Waals surface area contributed by atoms with Crippen LogP contribution in [0, 0.1) is 5.41 Å². The Morgan fingerprint density at radius 1 is 0.833 bits per heavy atom. The number of carbonyl (C=O) groups excluding carboxylic acids is 3. The predicted molar refractivity (Wildman–Crippen MR) is 83.4 cm³/mol. The molecular weight excluding hydrogens is 308 g/mol. The minimum atomic E-state index is -1.25. The fourth-order valence-electron chi connectivity index (χ4n) is 4.49. The number of rotatable bonds is 2. The lowest BCUT2D eigenvalue weighted by atomic mass is 9.51. The average Bonchev–Trinajstić information content (AvgIpc) is 3.26. The zero-order valence-corrected chi connectivity index (χ0v) is 13.2. The summed E-state index contributed by atoms with van der Waals surface area (Å²) in [4.78, 5) is 38.6. The van der Waals surface area contributed by atoms with Crippen molar-refractivity contribution in [3.8, 4) is 0 Å². The van der Waals surface area contributed by atoms with Gasteiger partial charge in [0.15, 0.2) is 0 Å². The molecule has 2 saturated carbocycles. The van der Waals surface area contributed by atoms with E-state index in [0.717, 1.165) is 0 Å². The summed E-state index contributed by atoms with van der Waals surface area (Å²) in [6.07, 6.45) is 4.62. The molecule has 2 aliphatic carbocycles. The van der Waals surface area contributed by atoms with Gasteiger partial charge in [0.2, 0.25) is 0 Å². The van der Waals surface area contributed by atoms with Gasteiger partial charge in [-0.1, -0.05) is 0 Å². The highest BCUT2D eigenvalue weighted by atomic mass is 16.3. The summed E-state index contributed by atoms with van der Waals surface area (Å²) < 4.78 is 11.0. The van der Waals surface area contributed by atoms with E-state index in [1.54, 1.807) is 24.3 Å². The molecule has 1 spiro atoms. The number of hydrogen-bond donors (Lipinski definition) is 0. The molecule has 4 rings (SSSR count). The largest absolute Gasteiger partial charge is 0.469 e. The third-order valence-corrected chi connectivity index (χ3v) is 5.47.